The lowest BCUT2D eigenvalue weighted by molar-refractivity contribution is 0.0665. The second-order valence-corrected chi connectivity index (χ2v) is 4.04. The molecule has 1 atom stereocenters. The topological polar surface area (TPSA) is 12.0 Å². The van der Waals surface area contributed by atoms with E-state index in [2.05, 4.69) is 5.32 Å². The molecule has 0 heterocycles. The van der Waals surface area contributed by atoms with E-state index in [4.69, 9.17) is 0 Å². The lowest BCUT2D eigenvalue weighted by Gasteiger charge is -2.23. The minimum Gasteiger partial charge on any atom is -0.319 e. The summed E-state index contributed by atoms with van der Waals surface area (Å²) in [5.41, 5.74) is -0.266. The van der Waals surface area contributed by atoms with Crippen LogP contribution in [0.15, 0.2) is 0 Å². The molecule has 1 rings (SSSR count). The van der Waals surface area contributed by atoms with E-state index in [9.17, 15) is 8.78 Å². The quantitative estimate of drug-likeness (QED) is 0.670. The zero-order valence-electron chi connectivity index (χ0n) is 7.25. The van der Waals surface area contributed by atoms with Crippen LogP contribution in [0.2, 0.25) is 0 Å². The smallest absolute Gasteiger partial charge is 0.252 e. The van der Waals surface area contributed by atoms with Crippen LogP contribution < -0.4 is 5.32 Å². The van der Waals surface area contributed by atoms with Crippen molar-refractivity contribution >= 4 is 0 Å². The van der Waals surface area contributed by atoms with E-state index < -0.39 is 11.8 Å². The Labute approximate surface area is 66.2 Å². The van der Waals surface area contributed by atoms with Crippen LogP contribution in [0.1, 0.15) is 20.3 Å². The molecule has 0 amide bonds. The number of hydrogen-bond donors (Lipinski definition) is 1. The molecule has 0 bridgehead atoms. The number of halogens is 2. The van der Waals surface area contributed by atoms with Crippen molar-refractivity contribution < 1.29 is 8.78 Å². The molecule has 0 aromatic carbocycles. The molecule has 1 nitrogen and oxygen atoms in total. The molecule has 3 heteroatoms. The zero-order valence-corrected chi connectivity index (χ0v) is 7.25. The lowest BCUT2D eigenvalue weighted by atomic mass is 9.87. The van der Waals surface area contributed by atoms with Gasteiger partial charge in [0.1, 0.15) is 0 Å². The molecule has 11 heavy (non-hydrogen) atoms. The average Bonchev–Trinajstić information content (AvgIpc) is 2.41. The third kappa shape index (κ3) is 1.70. The van der Waals surface area contributed by atoms with Crippen LogP contribution >= 0.6 is 0 Å². The summed E-state index contributed by atoms with van der Waals surface area (Å²) in [6, 6.07) is 0. The Morgan fingerprint density at radius 1 is 1.55 bits per heavy atom. The SMILES string of the molecule is CNCC(C)(C)C1CC1(F)F. The minimum absolute atomic E-state index is 0.0711. The van der Waals surface area contributed by atoms with E-state index in [0.29, 0.717) is 6.54 Å². The first kappa shape index (κ1) is 8.91. The largest absolute Gasteiger partial charge is 0.319 e. The minimum atomic E-state index is -2.39. The van der Waals surface area contributed by atoms with Crippen molar-refractivity contribution in [1.29, 1.82) is 0 Å². The molecule has 1 fully saturated rings. The Balaban J connectivity index is 2.48. The number of nitrogens with one attached hydrogen (secondary N) is 1. The second-order valence-electron chi connectivity index (χ2n) is 4.04. The summed E-state index contributed by atoms with van der Waals surface area (Å²) >= 11 is 0. The van der Waals surface area contributed by atoms with E-state index in [1.165, 1.54) is 0 Å². The summed E-state index contributed by atoms with van der Waals surface area (Å²) < 4.78 is 25.2. The van der Waals surface area contributed by atoms with Crippen LogP contribution in [0.3, 0.4) is 0 Å². The predicted molar refractivity (Wildman–Crippen MR) is 40.8 cm³/mol. The molecular formula is C8H15F2N. The van der Waals surface area contributed by atoms with Gasteiger partial charge in [-0.15, -0.1) is 0 Å². The fourth-order valence-corrected chi connectivity index (χ4v) is 1.64. The molecule has 0 radical (unpaired) electrons. The van der Waals surface area contributed by atoms with Crippen molar-refractivity contribution in [3.8, 4) is 0 Å². The molecule has 0 aromatic heterocycles. The van der Waals surface area contributed by atoms with Gasteiger partial charge in [-0.1, -0.05) is 13.8 Å². The van der Waals surface area contributed by atoms with E-state index >= 15 is 0 Å². The van der Waals surface area contributed by atoms with Gasteiger partial charge in [0.2, 0.25) is 0 Å². The highest BCUT2D eigenvalue weighted by Crippen LogP contribution is 2.57. The molecule has 0 aliphatic heterocycles. The van der Waals surface area contributed by atoms with Gasteiger partial charge in [0, 0.05) is 18.9 Å². The zero-order chi connectivity index (χ0) is 8.70. The van der Waals surface area contributed by atoms with Crippen molar-refractivity contribution in [3.63, 3.8) is 0 Å². The van der Waals surface area contributed by atoms with Crippen molar-refractivity contribution in [1.82, 2.24) is 5.32 Å². The van der Waals surface area contributed by atoms with Gasteiger partial charge in [0.15, 0.2) is 0 Å². The first-order valence-electron chi connectivity index (χ1n) is 3.92. The van der Waals surface area contributed by atoms with Crippen molar-refractivity contribution in [3.05, 3.63) is 0 Å². The van der Waals surface area contributed by atoms with Crippen molar-refractivity contribution in [2.75, 3.05) is 13.6 Å². The predicted octanol–water partition coefficient (Wildman–Crippen LogP) is 1.89. The van der Waals surface area contributed by atoms with Crippen molar-refractivity contribution in [2.24, 2.45) is 11.3 Å². The van der Waals surface area contributed by atoms with Gasteiger partial charge in [-0.3, -0.25) is 0 Å². The van der Waals surface area contributed by atoms with Gasteiger partial charge in [0.25, 0.3) is 5.92 Å². The molecule has 66 valence electrons. The van der Waals surface area contributed by atoms with E-state index in [0.717, 1.165) is 0 Å². The maximum absolute atomic E-state index is 12.6. The Hall–Kier alpha value is -0.180. The van der Waals surface area contributed by atoms with Gasteiger partial charge in [0.05, 0.1) is 0 Å². The molecule has 0 saturated heterocycles. The fourth-order valence-electron chi connectivity index (χ4n) is 1.64. The Morgan fingerprint density at radius 2 is 2.00 bits per heavy atom. The Morgan fingerprint density at radius 3 is 2.27 bits per heavy atom. The maximum atomic E-state index is 12.6. The first-order chi connectivity index (χ1) is 4.90. The van der Waals surface area contributed by atoms with Crippen LogP contribution in [-0.2, 0) is 0 Å². The molecular weight excluding hydrogens is 148 g/mol. The molecule has 1 aliphatic carbocycles. The number of alkyl halides is 2. The van der Waals surface area contributed by atoms with Crippen molar-refractivity contribution in [2.45, 2.75) is 26.2 Å². The van der Waals surface area contributed by atoms with E-state index in [1.54, 1.807) is 7.05 Å². The van der Waals surface area contributed by atoms with Gasteiger partial charge < -0.3 is 5.32 Å². The van der Waals surface area contributed by atoms with Crippen LogP contribution in [0.5, 0.6) is 0 Å². The van der Waals surface area contributed by atoms with Crippen LogP contribution in [0.25, 0.3) is 0 Å². The van der Waals surface area contributed by atoms with Gasteiger partial charge >= 0.3 is 0 Å². The highest BCUT2D eigenvalue weighted by Gasteiger charge is 2.62. The second kappa shape index (κ2) is 2.41. The summed E-state index contributed by atoms with van der Waals surface area (Å²) in [6.07, 6.45) is 0.0711. The first-order valence-corrected chi connectivity index (χ1v) is 3.92. The van der Waals surface area contributed by atoms with Crippen LogP contribution in [0, 0.1) is 11.3 Å². The molecule has 1 unspecified atom stereocenters. The van der Waals surface area contributed by atoms with E-state index in [-0.39, 0.29) is 11.8 Å². The fraction of sp³-hybridized carbons (Fsp3) is 1.00. The number of rotatable bonds is 3. The highest BCUT2D eigenvalue weighted by atomic mass is 19.3. The lowest BCUT2D eigenvalue weighted by Crippen LogP contribution is -2.30. The third-order valence-corrected chi connectivity index (χ3v) is 2.40. The summed E-state index contributed by atoms with van der Waals surface area (Å²) in [6.45, 7) is 4.43. The monoisotopic (exact) mass is 163 g/mol. The standard InChI is InChI=1S/C8H15F2N/c1-7(2,5-11-3)6-4-8(6,9)10/h6,11H,4-5H2,1-3H3. The number of hydrogen-bond acceptors (Lipinski definition) is 1. The highest BCUT2D eigenvalue weighted by molar-refractivity contribution is 5.03. The molecule has 0 aromatic rings. The molecule has 1 N–H and O–H groups in total. The maximum Gasteiger partial charge on any atom is 0.252 e. The molecule has 0 spiro atoms. The summed E-state index contributed by atoms with van der Waals surface area (Å²) in [5, 5.41) is 2.93. The van der Waals surface area contributed by atoms with Gasteiger partial charge in [-0.05, 0) is 12.5 Å². The Kier molecular flexibility index (Phi) is 1.95. The van der Waals surface area contributed by atoms with E-state index in [1.807, 2.05) is 13.8 Å². The average molecular weight is 163 g/mol. The Bertz CT molecular complexity index is 154. The summed E-state index contributed by atoms with van der Waals surface area (Å²) in [5.74, 6) is -2.80. The van der Waals surface area contributed by atoms with Crippen LogP contribution in [0.4, 0.5) is 8.78 Å². The van der Waals surface area contributed by atoms with Crippen LogP contribution in [-0.4, -0.2) is 19.5 Å². The summed E-state index contributed by atoms with van der Waals surface area (Å²) in [4.78, 5) is 0. The van der Waals surface area contributed by atoms with Gasteiger partial charge in [-0.25, -0.2) is 8.78 Å². The normalized spacial score (nSPS) is 28.6. The molecule has 1 aliphatic rings. The van der Waals surface area contributed by atoms with Gasteiger partial charge in [-0.2, -0.15) is 0 Å². The summed E-state index contributed by atoms with van der Waals surface area (Å²) in [7, 11) is 1.79. The molecule has 1 saturated carbocycles. The third-order valence-electron chi connectivity index (χ3n) is 2.40.